The molecule has 9 heteroatoms. The van der Waals surface area contributed by atoms with Crippen molar-refractivity contribution in [2.24, 2.45) is 0 Å². The summed E-state index contributed by atoms with van der Waals surface area (Å²) in [7, 11) is -3.81. The molecule has 2 aromatic carbocycles. The molecule has 134 valence electrons. The lowest BCUT2D eigenvalue weighted by molar-refractivity contribution is -0.385. The molecule has 2 aromatic rings. The Labute approximate surface area is 149 Å². The zero-order valence-electron chi connectivity index (χ0n) is 13.4. The molecule has 25 heavy (non-hydrogen) atoms. The molecule has 0 atom stereocenters. The number of halogens is 1. The first-order valence-corrected chi connectivity index (χ1v) is 9.90. The first kappa shape index (κ1) is 19.4. The summed E-state index contributed by atoms with van der Waals surface area (Å²) in [6, 6.07) is 10.0. The molecule has 0 unspecified atom stereocenters. The van der Waals surface area contributed by atoms with Gasteiger partial charge in [0.1, 0.15) is 5.82 Å². The molecule has 0 fully saturated rings. The normalized spacial score (nSPS) is 11.4. The van der Waals surface area contributed by atoms with Gasteiger partial charge in [0.2, 0.25) is 10.0 Å². The number of nitro groups is 1. The van der Waals surface area contributed by atoms with Gasteiger partial charge in [0.25, 0.3) is 5.69 Å². The van der Waals surface area contributed by atoms with Gasteiger partial charge in [-0.3, -0.25) is 10.1 Å². The fourth-order valence-corrected chi connectivity index (χ4v) is 4.36. The summed E-state index contributed by atoms with van der Waals surface area (Å²) in [6.45, 7) is 1.62. The van der Waals surface area contributed by atoms with E-state index < -0.39 is 14.9 Å². The van der Waals surface area contributed by atoms with Crippen molar-refractivity contribution in [3.63, 3.8) is 0 Å². The fraction of sp³-hybridized carbons (Fsp3) is 0.250. The molecular formula is C16H17FN2O4S2. The highest BCUT2D eigenvalue weighted by Gasteiger charge is 2.22. The summed E-state index contributed by atoms with van der Waals surface area (Å²) in [5.41, 5.74) is -0.115. The van der Waals surface area contributed by atoms with Crippen LogP contribution in [0.15, 0.2) is 52.3 Å². The molecule has 0 amide bonds. The molecule has 0 aliphatic carbocycles. The monoisotopic (exact) mass is 384 g/mol. The number of rotatable bonds is 8. The fourth-order valence-electron chi connectivity index (χ4n) is 2.17. The summed E-state index contributed by atoms with van der Waals surface area (Å²) >= 11 is 1.49. The highest BCUT2D eigenvalue weighted by Crippen LogP contribution is 2.24. The first-order chi connectivity index (χ1) is 11.8. The Bertz CT molecular complexity index is 855. The Morgan fingerprint density at radius 2 is 1.88 bits per heavy atom. The highest BCUT2D eigenvalue weighted by molar-refractivity contribution is 7.99. The van der Waals surface area contributed by atoms with Crippen molar-refractivity contribution in [3.05, 3.63) is 64.0 Å². The molecular weight excluding hydrogens is 367 g/mol. The van der Waals surface area contributed by atoms with E-state index in [1.165, 1.54) is 49.0 Å². The van der Waals surface area contributed by atoms with Crippen molar-refractivity contribution in [1.82, 2.24) is 4.72 Å². The Hall–Kier alpha value is -1.97. The Kier molecular flexibility index (Phi) is 6.51. The molecule has 0 aliphatic heterocycles. The smallest absolute Gasteiger partial charge is 0.258 e. The predicted octanol–water partition coefficient (Wildman–Crippen LogP) is 3.50. The van der Waals surface area contributed by atoms with Gasteiger partial charge in [0, 0.05) is 23.1 Å². The predicted molar refractivity (Wildman–Crippen MR) is 94.8 cm³/mol. The number of hydrogen-bond acceptors (Lipinski definition) is 5. The molecule has 0 radical (unpaired) electrons. The standard InChI is InChI=1S/C16H17FN2O4S2/c1-12-15(19(20)21)4-2-5-16(12)25(22,23)18-10-3-11-24-14-8-6-13(17)7-9-14/h2,4-9,18H,3,10-11H2,1H3. The van der Waals surface area contributed by atoms with Gasteiger partial charge in [-0.1, -0.05) is 6.07 Å². The zero-order chi connectivity index (χ0) is 18.4. The van der Waals surface area contributed by atoms with E-state index in [0.717, 1.165) is 4.90 Å². The van der Waals surface area contributed by atoms with E-state index in [4.69, 9.17) is 0 Å². The van der Waals surface area contributed by atoms with E-state index in [2.05, 4.69) is 4.72 Å². The van der Waals surface area contributed by atoms with Gasteiger partial charge >= 0.3 is 0 Å². The van der Waals surface area contributed by atoms with Crippen LogP contribution in [-0.2, 0) is 10.0 Å². The number of hydrogen-bond donors (Lipinski definition) is 1. The second-order valence-electron chi connectivity index (χ2n) is 5.21. The van der Waals surface area contributed by atoms with Crippen LogP contribution in [0.4, 0.5) is 10.1 Å². The summed E-state index contributed by atoms with van der Waals surface area (Å²) in [6.07, 6.45) is 0.565. The third-order valence-corrected chi connectivity index (χ3v) is 6.14. The van der Waals surface area contributed by atoms with Crippen molar-refractivity contribution >= 4 is 27.5 Å². The van der Waals surface area contributed by atoms with Crippen LogP contribution in [0, 0.1) is 22.9 Å². The average molecular weight is 384 g/mol. The van der Waals surface area contributed by atoms with Crippen LogP contribution in [0.25, 0.3) is 0 Å². The van der Waals surface area contributed by atoms with Crippen LogP contribution in [0.3, 0.4) is 0 Å². The van der Waals surface area contributed by atoms with Gasteiger partial charge in [-0.05, 0) is 49.4 Å². The van der Waals surface area contributed by atoms with E-state index >= 15 is 0 Å². The van der Waals surface area contributed by atoms with Crippen LogP contribution >= 0.6 is 11.8 Å². The Morgan fingerprint density at radius 3 is 2.52 bits per heavy atom. The molecule has 0 heterocycles. The van der Waals surface area contributed by atoms with E-state index in [-0.39, 0.29) is 28.5 Å². The number of thioether (sulfide) groups is 1. The Balaban J connectivity index is 1.90. The van der Waals surface area contributed by atoms with Crippen molar-refractivity contribution in [3.8, 4) is 0 Å². The van der Waals surface area contributed by atoms with E-state index in [0.29, 0.717) is 12.2 Å². The van der Waals surface area contributed by atoms with Crippen LogP contribution in [-0.4, -0.2) is 25.6 Å². The van der Waals surface area contributed by atoms with Crippen molar-refractivity contribution < 1.29 is 17.7 Å². The minimum atomic E-state index is -3.81. The van der Waals surface area contributed by atoms with Crippen LogP contribution in [0.2, 0.25) is 0 Å². The quantitative estimate of drug-likeness (QED) is 0.326. The zero-order valence-corrected chi connectivity index (χ0v) is 15.1. The number of benzene rings is 2. The SMILES string of the molecule is Cc1c([N+](=O)[O-])cccc1S(=O)(=O)NCCCSc1ccc(F)cc1. The van der Waals surface area contributed by atoms with Crippen molar-refractivity contribution in [1.29, 1.82) is 0 Å². The molecule has 0 saturated carbocycles. The van der Waals surface area contributed by atoms with Crippen molar-refractivity contribution in [2.75, 3.05) is 12.3 Å². The van der Waals surface area contributed by atoms with E-state index in [9.17, 15) is 22.9 Å². The molecule has 2 rings (SSSR count). The third-order valence-electron chi connectivity index (χ3n) is 3.44. The van der Waals surface area contributed by atoms with Gasteiger partial charge in [0.05, 0.1) is 9.82 Å². The van der Waals surface area contributed by atoms with Gasteiger partial charge in [-0.2, -0.15) is 0 Å². The maximum absolute atomic E-state index is 12.8. The summed E-state index contributed by atoms with van der Waals surface area (Å²) in [4.78, 5) is 11.1. The molecule has 0 saturated heterocycles. The van der Waals surface area contributed by atoms with Crippen molar-refractivity contribution in [2.45, 2.75) is 23.1 Å². The third kappa shape index (κ3) is 5.25. The number of sulfonamides is 1. The highest BCUT2D eigenvalue weighted by atomic mass is 32.2. The second kappa shape index (κ2) is 8.41. The van der Waals surface area contributed by atoms with Crippen LogP contribution in [0.1, 0.15) is 12.0 Å². The molecule has 0 bridgehead atoms. The maximum atomic E-state index is 12.8. The van der Waals surface area contributed by atoms with Gasteiger partial charge in [0.15, 0.2) is 0 Å². The van der Waals surface area contributed by atoms with E-state index in [1.54, 1.807) is 12.1 Å². The lowest BCUT2D eigenvalue weighted by atomic mass is 10.2. The molecule has 0 spiro atoms. The largest absolute Gasteiger partial charge is 0.273 e. The number of nitrogens with zero attached hydrogens (tertiary/aromatic N) is 1. The summed E-state index contributed by atoms with van der Waals surface area (Å²) in [5.74, 6) is 0.353. The number of nitro benzene ring substituents is 1. The van der Waals surface area contributed by atoms with Crippen LogP contribution < -0.4 is 4.72 Å². The molecule has 0 aromatic heterocycles. The van der Waals surface area contributed by atoms with E-state index in [1.807, 2.05) is 0 Å². The minimum absolute atomic E-state index is 0.0899. The topological polar surface area (TPSA) is 89.3 Å². The average Bonchev–Trinajstić information content (AvgIpc) is 2.56. The molecule has 0 aliphatic rings. The molecule has 1 N–H and O–H groups in total. The van der Waals surface area contributed by atoms with Gasteiger partial charge in [-0.25, -0.2) is 17.5 Å². The minimum Gasteiger partial charge on any atom is -0.258 e. The maximum Gasteiger partial charge on any atom is 0.273 e. The molecule has 6 nitrogen and oxygen atoms in total. The summed E-state index contributed by atoms with van der Waals surface area (Å²) < 4.78 is 39.9. The number of nitrogens with one attached hydrogen (secondary N) is 1. The first-order valence-electron chi connectivity index (χ1n) is 7.43. The van der Waals surface area contributed by atoms with Gasteiger partial charge < -0.3 is 0 Å². The lowest BCUT2D eigenvalue weighted by Gasteiger charge is -2.09. The lowest BCUT2D eigenvalue weighted by Crippen LogP contribution is -2.26. The Morgan fingerprint density at radius 1 is 1.20 bits per heavy atom. The van der Waals surface area contributed by atoms with Crippen LogP contribution in [0.5, 0.6) is 0 Å². The summed E-state index contributed by atoms with van der Waals surface area (Å²) in [5, 5.41) is 10.9. The van der Waals surface area contributed by atoms with Gasteiger partial charge in [-0.15, -0.1) is 11.8 Å². The second-order valence-corrected chi connectivity index (χ2v) is 8.11.